The second-order valence-corrected chi connectivity index (χ2v) is 8.23. The second-order valence-electron chi connectivity index (χ2n) is 7.28. The smallest absolute Gasteiger partial charge is 0.192 e. The molecule has 0 aliphatic heterocycles. The summed E-state index contributed by atoms with van der Waals surface area (Å²) >= 11 is 1.42. The number of thioether (sulfide) groups is 1. The van der Waals surface area contributed by atoms with Crippen LogP contribution in [-0.2, 0) is 11.3 Å². The van der Waals surface area contributed by atoms with Crippen molar-refractivity contribution in [2.24, 2.45) is 0 Å². The molecule has 0 fully saturated rings. The molecule has 0 radical (unpaired) electrons. The molecule has 3 rings (SSSR count). The van der Waals surface area contributed by atoms with Crippen LogP contribution in [0.1, 0.15) is 32.6 Å². The van der Waals surface area contributed by atoms with Crippen LogP contribution in [0.2, 0.25) is 0 Å². The molecular formula is C23H27N3O2S. The molecule has 5 nitrogen and oxygen atoms in total. The molecule has 0 saturated heterocycles. The second kappa shape index (κ2) is 9.37. The first kappa shape index (κ1) is 21.3. The summed E-state index contributed by atoms with van der Waals surface area (Å²) in [5.41, 5.74) is 6.31. The molecule has 0 bridgehead atoms. The average molecular weight is 410 g/mol. The van der Waals surface area contributed by atoms with Crippen molar-refractivity contribution < 1.29 is 9.53 Å². The van der Waals surface area contributed by atoms with Gasteiger partial charge in [0.25, 0.3) is 0 Å². The molecule has 3 aromatic rings. The zero-order chi connectivity index (χ0) is 21.0. The van der Waals surface area contributed by atoms with Gasteiger partial charge in [-0.05, 0) is 56.5 Å². The van der Waals surface area contributed by atoms with Crippen molar-refractivity contribution in [2.45, 2.75) is 39.4 Å². The minimum absolute atomic E-state index is 0.106. The zero-order valence-electron chi connectivity index (χ0n) is 17.7. The SMILES string of the molecule is COCCn1c(SCC(=O)c2cc(C)c(C)cc2C)nnc1-c1cccc(C)c1. The molecule has 0 amide bonds. The number of hydrogen-bond donors (Lipinski definition) is 0. The quantitative estimate of drug-likeness (QED) is 0.395. The van der Waals surface area contributed by atoms with Crippen molar-refractivity contribution in [3.05, 3.63) is 64.2 Å². The fourth-order valence-corrected chi connectivity index (χ4v) is 4.09. The Morgan fingerprint density at radius 2 is 1.79 bits per heavy atom. The van der Waals surface area contributed by atoms with Gasteiger partial charge < -0.3 is 4.74 Å². The van der Waals surface area contributed by atoms with Crippen molar-refractivity contribution in [1.29, 1.82) is 0 Å². The first-order valence-corrected chi connectivity index (χ1v) is 10.6. The summed E-state index contributed by atoms with van der Waals surface area (Å²) in [7, 11) is 1.68. The van der Waals surface area contributed by atoms with E-state index >= 15 is 0 Å². The summed E-state index contributed by atoms with van der Waals surface area (Å²) in [6.45, 7) is 9.33. The topological polar surface area (TPSA) is 57.0 Å². The molecule has 0 aliphatic carbocycles. The number of aryl methyl sites for hydroxylation is 4. The lowest BCUT2D eigenvalue weighted by molar-refractivity contribution is 0.102. The lowest BCUT2D eigenvalue weighted by Gasteiger charge is -2.11. The van der Waals surface area contributed by atoms with E-state index < -0.39 is 0 Å². The molecule has 1 aromatic heterocycles. The number of methoxy groups -OCH3 is 1. The van der Waals surface area contributed by atoms with E-state index in [-0.39, 0.29) is 5.78 Å². The maximum Gasteiger partial charge on any atom is 0.192 e. The number of carbonyl (C=O) groups is 1. The minimum Gasteiger partial charge on any atom is -0.383 e. The van der Waals surface area contributed by atoms with E-state index in [1.54, 1.807) is 7.11 Å². The van der Waals surface area contributed by atoms with Crippen LogP contribution in [-0.4, -0.2) is 40.0 Å². The number of hydrogen-bond acceptors (Lipinski definition) is 5. The third-order valence-electron chi connectivity index (χ3n) is 4.99. The molecule has 0 spiro atoms. The van der Waals surface area contributed by atoms with Gasteiger partial charge in [0, 0.05) is 18.2 Å². The van der Waals surface area contributed by atoms with Crippen molar-refractivity contribution in [3.8, 4) is 11.4 Å². The van der Waals surface area contributed by atoms with E-state index in [2.05, 4.69) is 42.2 Å². The highest BCUT2D eigenvalue weighted by Gasteiger charge is 2.17. The lowest BCUT2D eigenvalue weighted by atomic mass is 9.99. The Morgan fingerprint density at radius 1 is 1.03 bits per heavy atom. The summed E-state index contributed by atoms with van der Waals surface area (Å²) in [6.07, 6.45) is 0. The summed E-state index contributed by atoms with van der Waals surface area (Å²) < 4.78 is 7.30. The van der Waals surface area contributed by atoms with Crippen LogP contribution >= 0.6 is 11.8 Å². The van der Waals surface area contributed by atoms with Gasteiger partial charge in [0.1, 0.15) is 0 Å². The molecule has 152 valence electrons. The number of nitrogens with zero attached hydrogens (tertiary/aromatic N) is 3. The van der Waals surface area contributed by atoms with Crippen molar-refractivity contribution in [2.75, 3.05) is 19.5 Å². The molecule has 0 aliphatic rings. The highest BCUT2D eigenvalue weighted by atomic mass is 32.2. The van der Waals surface area contributed by atoms with Gasteiger partial charge in [0.15, 0.2) is 16.8 Å². The number of aromatic nitrogens is 3. The van der Waals surface area contributed by atoms with E-state index in [1.165, 1.54) is 22.9 Å². The Bertz CT molecular complexity index is 1030. The fraction of sp³-hybridized carbons (Fsp3) is 0.348. The van der Waals surface area contributed by atoms with Crippen LogP contribution in [0.4, 0.5) is 0 Å². The highest BCUT2D eigenvalue weighted by Crippen LogP contribution is 2.26. The molecule has 2 aromatic carbocycles. The van der Waals surface area contributed by atoms with Gasteiger partial charge in [-0.3, -0.25) is 9.36 Å². The minimum atomic E-state index is 0.106. The summed E-state index contributed by atoms with van der Waals surface area (Å²) in [4.78, 5) is 12.8. The molecule has 6 heteroatoms. The van der Waals surface area contributed by atoms with Gasteiger partial charge >= 0.3 is 0 Å². The first-order valence-electron chi connectivity index (χ1n) is 9.63. The molecule has 0 unspecified atom stereocenters. The Balaban J connectivity index is 1.83. The van der Waals surface area contributed by atoms with Crippen LogP contribution in [0.3, 0.4) is 0 Å². The van der Waals surface area contributed by atoms with E-state index in [0.717, 1.165) is 33.2 Å². The van der Waals surface area contributed by atoms with Crippen molar-refractivity contribution >= 4 is 17.5 Å². The third kappa shape index (κ3) is 4.95. The standard InChI is InChI=1S/C23H27N3O2S/c1-15-7-6-8-19(11-15)22-24-25-23(26(22)9-10-28-5)29-14-21(27)20-13-17(3)16(2)12-18(20)4/h6-8,11-13H,9-10,14H2,1-5H3. The van der Waals surface area contributed by atoms with E-state index in [9.17, 15) is 4.79 Å². The van der Waals surface area contributed by atoms with Crippen LogP contribution in [0, 0.1) is 27.7 Å². The van der Waals surface area contributed by atoms with Crippen molar-refractivity contribution in [3.63, 3.8) is 0 Å². The Kier molecular flexibility index (Phi) is 6.87. The highest BCUT2D eigenvalue weighted by molar-refractivity contribution is 7.99. The number of Topliss-reactive ketones (excluding diaryl/α,β-unsaturated/α-hetero) is 1. The molecule has 0 atom stereocenters. The summed E-state index contributed by atoms with van der Waals surface area (Å²) in [6, 6.07) is 12.2. The third-order valence-corrected chi connectivity index (χ3v) is 5.95. The molecule has 1 heterocycles. The van der Waals surface area contributed by atoms with E-state index in [4.69, 9.17) is 4.74 Å². The van der Waals surface area contributed by atoms with Gasteiger partial charge in [-0.15, -0.1) is 10.2 Å². The Hall–Kier alpha value is -2.44. The first-order chi connectivity index (χ1) is 13.9. The number of benzene rings is 2. The van der Waals surface area contributed by atoms with E-state index in [0.29, 0.717) is 18.9 Å². The normalized spacial score (nSPS) is 11.1. The zero-order valence-corrected chi connectivity index (χ0v) is 18.5. The number of ketones is 1. The summed E-state index contributed by atoms with van der Waals surface area (Å²) in [5, 5.41) is 9.49. The summed E-state index contributed by atoms with van der Waals surface area (Å²) in [5.74, 6) is 1.22. The van der Waals surface area contributed by atoms with Crippen LogP contribution in [0.25, 0.3) is 11.4 Å². The molecule has 0 saturated carbocycles. The molecular weight excluding hydrogens is 382 g/mol. The fourth-order valence-electron chi connectivity index (χ4n) is 3.25. The molecule has 0 N–H and O–H groups in total. The number of carbonyl (C=O) groups excluding carboxylic acids is 1. The van der Waals surface area contributed by atoms with Crippen molar-refractivity contribution in [1.82, 2.24) is 14.8 Å². The predicted octanol–water partition coefficient (Wildman–Crippen LogP) is 4.80. The predicted molar refractivity (Wildman–Crippen MR) is 118 cm³/mol. The lowest BCUT2D eigenvalue weighted by Crippen LogP contribution is -2.10. The van der Waals surface area contributed by atoms with Crippen LogP contribution in [0.15, 0.2) is 41.6 Å². The monoisotopic (exact) mass is 409 g/mol. The van der Waals surface area contributed by atoms with Gasteiger partial charge in [-0.1, -0.05) is 41.6 Å². The van der Waals surface area contributed by atoms with Gasteiger partial charge in [0.2, 0.25) is 0 Å². The maximum absolute atomic E-state index is 12.8. The average Bonchev–Trinajstić information content (AvgIpc) is 3.10. The van der Waals surface area contributed by atoms with Gasteiger partial charge in [-0.2, -0.15) is 0 Å². The number of ether oxygens (including phenoxy) is 1. The Labute approximate surface area is 176 Å². The maximum atomic E-state index is 12.8. The van der Waals surface area contributed by atoms with Crippen LogP contribution in [0.5, 0.6) is 0 Å². The van der Waals surface area contributed by atoms with Gasteiger partial charge in [0.05, 0.1) is 18.9 Å². The van der Waals surface area contributed by atoms with Crippen LogP contribution < -0.4 is 0 Å². The largest absolute Gasteiger partial charge is 0.383 e. The number of rotatable bonds is 8. The Morgan fingerprint density at radius 3 is 2.52 bits per heavy atom. The van der Waals surface area contributed by atoms with E-state index in [1.807, 2.05) is 36.6 Å². The molecule has 29 heavy (non-hydrogen) atoms. The van der Waals surface area contributed by atoms with Gasteiger partial charge in [-0.25, -0.2) is 0 Å².